The zero-order chi connectivity index (χ0) is 13.8. The van der Waals surface area contributed by atoms with E-state index in [-0.39, 0.29) is 17.2 Å². The average Bonchev–Trinajstić information content (AvgIpc) is 2.40. The minimum Gasteiger partial charge on any atom is -0.504 e. The monoisotopic (exact) mass is 259 g/mol. The van der Waals surface area contributed by atoms with Gasteiger partial charge >= 0.3 is 0 Å². The van der Waals surface area contributed by atoms with E-state index >= 15 is 0 Å². The number of nitro benzene ring substituents is 1. The second-order valence-corrected chi connectivity index (χ2v) is 4.25. The summed E-state index contributed by atoms with van der Waals surface area (Å²) in [4.78, 5) is 10.2. The van der Waals surface area contributed by atoms with Gasteiger partial charge in [0.1, 0.15) is 0 Å². The molecule has 0 fully saturated rings. The Morgan fingerprint density at radius 2 is 1.63 bits per heavy atom. The summed E-state index contributed by atoms with van der Waals surface area (Å²) in [6.07, 6.45) is 1.26. The van der Waals surface area contributed by atoms with Crippen LogP contribution in [0.15, 0.2) is 42.5 Å². The molecule has 0 unspecified atom stereocenters. The van der Waals surface area contributed by atoms with Gasteiger partial charge in [-0.05, 0) is 36.1 Å². The third-order valence-corrected chi connectivity index (χ3v) is 2.86. The maximum Gasteiger partial charge on any atom is 0.269 e. The quantitative estimate of drug-likeness (QED) is 0.502. The molecular formula is C14H13NO4. The summed E-state index contributed by atoms with van der Waals surface area (Å²) in [5.74, 6) is -0.310. The number of rotatable bonds is 4. The number of aromatic hydroxyl groups is 2. The standard InChI is InChI=1S/C14H13NO4/c16-13-7-6-11(9-14(13)17)5-4-10-2-1-3-12(8-10)15(18)19/h1-3,6-9,16-17H,4-5H2. The lowest BCUT2D eigenvalue weighted by Gasteiger charge is -2.04. The number of phenolic OH excluding ortho intramolecular Hbond substituents is 2. The van der Waals surface area contributed by atoms with Crippen LogP contribution in [0.4, 0.5) is 5.69 Å². The second kappa shape index (κ2) is 5.39. The Morgan fingerprint density at radius 3 is 2.26 bits per heavy atom. The van der Waals surface area contributed by atoms with Crippen LogP contribution in [-0.2, 0) is 12.8 Å². The van der Waals surface area contributed by atoms with Crippen LogP contribution in [0, 0.1) is 10.1 Å². The van der Waals surface area contributed by atoms with E-state index in [2.05, 4.69) is 0 Å². The van der Waals surface area contributed by atoms with E-state index in [1.165, 1.54) is 18.2 Å². The highest BCUT2D eigenvalue weighted by Crippen LogP contribution is 2.25. The highest BCUT2D eigenvalue weighted by atomic mass is 16.6. The minimum atomic E-state index is -0.421. The van der Waals surface area contributed by atoms with Gasteiger partial charge in [-0.1, -0.05) is 18.2 Å². The number of hydrogen-bond donors (Lipinski definition) is 2. The molecule has 2 N–H and O–H groups in total. The predicted octanol–water partition coefficient (Wildman–Crippen LogP) is 2.79. The maximum absolute atomic E-state index is 10.7. The zero-order valence-electron chi connectivity index (χ0n) is 10.1. The first-order valence-electron chi connectivity index (χ1n) is 5.80. The molecule has 5 nitrogen and oxygen atoms in total. The first kappa shape index (κ1) is 12.9. The number of hydrogen-bond acceptors (Lipinski definition) is 4. The van der Waals surface area contributed by atoms with Crippen molar-refractivity contribution in [2.75, 3.05) is 0 Å². The summed E-state index contributed by atoms with van der Waals surface area (Å²) in [6.45, 7) is 0. The Morgan fingerprint density at radius 1 is 0.947 bits per heavy atom. The summed E-state index contributed by atoms with van der Waals surface area (Å²) >= 11 is 0. The van der Waals surface area contributed by atoms with Crippen LogP contribution in [0.3, 0.4) is 0 Å². The van der Waals surface area contributed by atoms with Gasteiger partial charge in [0.2, 0.25) is 0 Å². The van der Waals surface area contributed by atoms with Crippen LogP contribution < -0.4 is 0 Å². The molecule has 0 radical (unpaired) electrons. The minimum absolute atomic E-state index is 0.0750. The van der Waals surface area contributed by atoms with Gasteiger partial charge in [0, 0.05) is 12.1 Å². The van der Waals surface area contributed by atoms with Crippen molar-refractivity contribution < 1.29 is 15.1 Å². The van der Waals surface area contributed by atoms with Crippen LogP contribution in [0.2, 0.25) is 0 Å². The van der Waals surface area contributed by atoms with E-state index in [0.717, 1.165) is 11.1 Å². The van der Waals surface area contributed by atoms with E-state index in [4.69, 9.17) is 0 Å². The normalized spacial score (nSPS) is 10.3. The molecule has 0 spiro atoms. The smallest absolute Gasteiger partial charge is 0.269 e. The Labute approximate surface area is 109 Å². The Kier molecular flexibility index (Phi) is 3.66. The molecule has 2 aromatic rings. The lowest BCUT2D eigenvalue weighted by Crippen LogP contribution is -1.93. The van der Waals surface area contributed by atoms with Crippen LogP contribution in [0.1, 0.15) is 11.1 Å². The van der Waals surface area contributed by atoms with Crippen molar-refractivity contribution in [3.8, 4) is 11.5 Å². The molecule has 0 saturated heterocycles. The highest BCUT2D eigenvalue weighted by Gasteiger charge is 2.06. The molecule has 2 aromatic carbocycles. The largest absolute Gasteiger partial charge is 0.504 e. The highest BCUT2D eigenvalue weighted by molar-refractivity contribution is 5.41. The van der Waals surface area contributed by atoms with Crippen LogP contribution in [0.5, 0.6) is 11.5 Å². The summed E-state index contributed by atoms with van der Waals surface area (Å²) < 4.78 is 0. The third-order valence-electron chi connectivity index (χ3n) is 2.86. The van der Waals surface area contributed by atoms with Gasteiger partial charge in [0.05, 0.1) is 4.92 Å². The molecule has 0 bridgehead atoms. The fourth-order valence-electron chi connectivity index (χ4n) is 1.84. The van der Waals surface area contributed by atoms with Gasteiger partial charge in [0.25, 0.3) is 5.69 Å². The SMILES string of the molecule is O=[N+]([O-])c1cccc(CCc2ccc(O)c(O)c2)c1. The van der Waals surface area contributed by atoms with E-state index < -0.39 is 4.92 Å². The molecule has 5 heteroatoms. The van der Waals surface area contributed by atoms with E-state index in [1.807, 2.05) is 6.07 Å². The third kappa shape index (κ3) is 3.22. The first-order valence-corrected chi connectivity index (χ1v) is 5.80. The lowest BCUT2D eigenvalue weighted by molar-refractivity contribution is -0.384. The first-order chi connectivity index (χ1) is 9.06. The zero-order valence-corrected chi connectivity index (χ0v) is 10.1. The van der Waals surface area contributed by atoms with Crippen molar-refractivity contribution in [1.29, 1.82) is 0 Å². The van der Waals surface area contributed by atoms with Crippen molar-refractivity contribution in [2.45, 2.75) is 12.8 Å². The van der Waals surface area contributed by atoms with Crippen molar-refractivity contribution in [1.82, 2.24) is 0 Å². The molecule has 98 valence electrons. The predicted molar refractivity (Wildman–Crippen MR) is 70.3 cm³/mol. The van der Waals surface area contributed by atoms with Crippen molar-refractivity contribution in [2.24, 2.45) is 0 Å². The van der Waals surface area contributed by atoms with Crippen molar-refractivity contribution >= 4 is 5.69 Å². The van der Waals surface area contributed by atoms with Crippen LogP contribution >= 0.6 is 0 Å². The number of phenols is 2. The molecule has 0 amide bonds. The molecule has 2 rings (SSSR count). The summed E-state index contributed by atoms with van der Waals surface area (Å²) in [7, 11) is 0. The van der Waals surface area contributed by atoms with Gasteiger partial charge in [-0.2, -0.15) is 0 Å². The molecule has 0 aliphatic rings. The molecule has 0 aromatic heterocycles. The van der Waals surface area contributed by atoms with Crippen molar-refractivity contribution in [3.63, 3.8) is 0 Å². The molecule has 0 aliphatic carbocycles. The molecule has 19 heavy (non-hydrogen) atoms. The Balaban J connectivity index is 2.07. The fourth-order valence-corrected chi connectivity index (χ4v) is 1.84. The number of benzene rings is 2. The average molecular weight is 259 g/mol. The summed E-state index contributed by atoms with van der Waals surface area (Å²) in [6, 6.07) is 11.1. The van der Waals surface area contributed by atoms with E-state index in [0.29, 0.717) is 12.8 Å². The van der Waals surface area contributed by atoms with E-state index in [9.17, 15) is 20.3 Å². The summed E-state index contributed by atoms with van der Waals surface area (Å²) in [5.41, 5.74) is 1.80. The Bertz CT molecular complexity index is 610. The van der Waals surface area contributed by atoms with Gasteiger partial charge in [0.15, 0.2) is 11.5 Å². The lowest BCUT2D eigenvalue weighted by atomic mass is 10.0. The second-order valence-electron chi connectivity index (χ2n) is 4.25. The van der Waals surface area contributed by atoms with E-state index in [1.54, 1.807) is 18.2 Å². The molecule has 0 aliphatic heterocycles. The Hall–Kier alpha value is -2.56. The number of nitrogens with zero attached hydrogens (tertiary/aromatic N) is 1. The number of aryl methyl sites for hydroxylation is 2. The van der Waals surface area contributed by atoms with Crippen molar-refractivity contribution in [3.05, 3.63) is 63.7 Å². The van der Waals surface area contributed by atoms with Crippen LogP contribution in [0.25, 0.3) is 0 Å². The molecular weight excluding hydrogens is 246 g/mol. The maximum atomic E-state index is 10.7. The topological polar surface area (TPSA) is 83.6 Å². The van der Waals surface area contributed by atoms with Gasteiger partial charge < -0.3 is 10.2 Å². The van der Waals surface area contributed by atoms with Gasteiger partial charge in [-0.25, -0.2) is 0 Å². The number of nitro groups is 1. The summed E-state index contributed by atoms with van der Waals surface area (Å²) in [5, 5.41) is 29.2. The molecule has 0 atom stereocenters. The fraction of sp³-hybridized carbons (Fsp3) is 0.143. The molecule has 0 saturated carbocycles. The number of non-ortho nitro benzene ring substituents is 1. The van der Waals surface area contributed by atoms with Crippen LogP contribution in [-0.4, -0.2) is 15.1 Å². The van der Waals surface area contributed by atoms with Gasteiger partial charge in [-0.3, -0.25) is 10.1 Å². The molecule has 0 heterocycles. The van der Waals surface area contributed by atoms with Gasteiger partial charge in [-0.15, -0.1) is 0 Å².